The minimum absolute atomic E-state index is 0.126. The van der Waals surface area contributed by atoms with Crippen molar-refractivity contribution >= 4 is 28.5 Å². The van der Waals surface area contributed by atoms with Crippen molar-refractivity contribution < 1.29 is 23.2 Å². The molecule has 5 rings (SSSR count). The Bertz CT molecular complexity index is 1290. The smallest absolute Gasteiger partial charge is 0.306 e. The number of ether oxygens (including phenoxy) is 1. The molecule has 0 saturated heterocycles. The summed E-state index contributed by atoms with van der Waals surface area (Å²) in [4.78, 5) is 29.7. The summed E-state index contributed by atoms with van der Waals surface area (Å²) in [6.45, 7) is -0.407. The lowest BCUT2D eigenvalue weighted by Crippen LogP contribution is -2.31. The summed E-state index contributed by atoms with van der Waals surface area (Å²) in [5.41, 5.74) is 2.30. The molecule has 1 aromatic carbocycles. The molecule has 0 N–H and O–H groups in total. The summed E-state index contributed by atoms with van der Waals surface area (Å²) in [5, 5.41) is 6.76. The average Bonchev–Trinajstić information content (AvgIpc) is 3.61. The molecule has 0 aliphatic carbocycles. The van der Waals surface area contributed by atoms with E-state index in [1.54, 1.807) is 36.8 Å². The summed E-state index contributed by atoms with van der Waals surface area (Å²) in [6, 6.07) is 18.3. The average molecular weight is 443 g/mol. The maximum Gasteiger partial charge on any atom is 0.306 e. The molecule has 1 aliphatic heterocycles. The summed E-state index contributed by atoms with van der Waals surface area (Å²) in [5.74, 6) is 0.279. The van der Waals surface area contributed by atoms with Crippen molar-refractivity contribution in [3.63, 3.8) is 0 Å². The van der Waals surface area contributed by atoms with Crippen LogP contribution < -0.4 is 0 Å². The Labute approximate surface area is 189 Å². The number of esters is 1. The molecule has 8 heteroatoms. The Balaban J connectivity index is 1.20. The highest BCUT2D eigenvalue weighted by Gasteiger charge is 2.36. The van der Waals surface area contributed by atoms with Gasteiger partial charge in [0.2, 0.25) is 0 Å². The molecule has 0 radical (unpaired) electrons. The van der Waals surface area contributed by atoms with E-state index in [0.29, 0.717) is 30.1 Å². The van der Waals surface area contributed by atoms with Crippen LogP contribution in [-0.2, 0) is 20.7 Å². The lowest BCUT2D eigenvalue weighted by molar-refractivity contribution is -0.152. The summed E-state index contributed by atoms with van der Waals surface area (Å²) in [7, 11) is 0. The molecule has 33 heavy (non-hydrogen) atoms. The van der Waals surface area contributed by atoms with Gasteiger partial charge >= 0.3 is 5.97 Å². The molecule has 1 atom stereocenters. The Morgan fingerprint density at radius 3 is 2.67 bits per heavy atom. The standard InChI is InChI=1S/C25H21N3O5/c29-24(16-33-25(30)12-11-18-10-9-17-5-1-2-6-19(17)26-18)28-21(23-8-4-14-32-23)15-20(27-28)22-7-3-13-31-22/h1-10,13-14,21H,11-12,15-16H2. The number of amides is 1. The zero-order chi connectivity index (χ0) is 22.6. The normalized spacial score (nSPS) is 15.6. The molecule has 0 fully saturated rings. The van der Waals surface area contributed by atoms with E-state index in [0.717, 1.165) is 16.6 Å². The van der Waals surface area contributed by atoms with Crippen molar-refractivity contribution in [3.05, 3.63) is 90.4 Å². The first-order valence-electron chi connectivity index (χ1n) is 10.6. The molecule has 3 aromatic heterocycles. The van der Waals surface area contributed by atoms with Crippen LogP contribution in [-0.4, -0.2) is 34.2 Å². The zero-order valence-electron chi connectivity index (χ0n) is 17.7. The topological polar surface area (TPSA) is 98.1 Å². The molecular weight excluding hydrogens is 422 g/mol. The molecule has 1 amide bonds. The number of para-hydroxylation sites is 1. The predicted molar refractivity (Wildman–Crippen MR) is 119 cm³/mol. The van der Waals surface area contributed by atoms with Crippen molar-refractivity contribution in [3.8, 4) is 0 Å². The first kappa shape index (κ1) is 20.7. The number of nitrogens with zero attached hydrogens (tertiary/aromatic N) is 3. The van der Waals surface area contributed by atoms with Crippen molar-refractivity contribution in [2.75, 3.05) is 6.61 Å². The van der Waals surface area contributed by atoms with Crippen LogP contribution in [0.2, 0.25) is 0 Å². The fraction of sp³-hybridized carbons (Fsp3) is 0.200. The minimum atomic E-state index is -0.470. The Kier molecular flexibility index (Phi) is 5.72. The highest BCUT2D eigenvalue weighted by atomic mass is 16.5. The van der Waals surface area contributed by atoms with E-state index in [1.807, 2.05) is 36.4 Å². The first-order valence-corrected chi connectivity index (χ1v) is 10.6. The molecule has 1 unspecified atom stereocenters. The van der Waals surface area contributed by atoms with Crippen LogP contribution in [0.3, 0.4) is 0 Å². The van der Waals surface area contributed by atoms with Crippen LogP contribution in [0.5, 0.6) is 0 Å². The van der Waals surface area contributed by atoms with Gasteiger partial charge in [0.15, 0.2) is 6.61 Å². The largest absolute Gasteiger partial charge is 0.467 e. The SMILES string of the molecule is O=C(CCc1ccc2ccccc2n1)OCC(=O)N1N=C(c2ccco2)CC1c1ccco1. The Morgan fingerprint density at radius 1 is 1.00 bits per heavy atom. The minimum Gasteiger partial charge on any atom is -0.467 e. The van der Waals surface area contributed by atoms with E-state index in [-0.39, 0.29) is 6.42 Å². The summed E-state index contributed by atoms with van der Waals surface area (Å²) >= 11 is 0. The number of carbonyl (C=O) groups excluding carboxylic acids is 2. The van der Waals surface area contributed by atoms with E-state index in [2.05, 4.69) is 10.1 Å². The number of hydrazone groups is 1. The number of aromatic nitrogens is 1. The quantitative estimate of drug-likeness (QED) is 0.396. The summed E-state index contributed by atoms with van der Waals surface area (Å²) in [6.07, 6.45) is 4.09. The van der Waals surface area contributed by atoms with Gasteiger partial charge < -0.3 is 13.6 Å². The third-order valence-corrected chi connectivity index (χ3v) is 5.44. The molecule has 0 bridgehead atoms. The molecule has 8 nitrogen and oxygen atoms in total. The van der Waals surface area contributed by atoms with Gasteiger partial charge in [0, 0.05) is 23.9 Å². The molecule has 4 heterocycles. The molecule has 0 spiro atoms. The number of hydrogen-bond acceptors (Lipinski definition) is 7. The molecule has 166 valence electrons. The van der Waals surface area contributed by atoms with Gasteiger partial charge in [-0.25, -0.2) is 5.01 Å². The van der Waals surface area contributed by atoms with E-state index >= 15 is 0 Å². The fourth-order valence-electron chi connectivity index (χ4n) is 3.79. The third-order valence-electron chi connectivity index (χ3n) is 5.44. The lowest BCUT2D eigenvalue weighted by atomic mass is 10.1. The second kappa shape index (κ2) is 9.12. The highest BCUT2D eigenvalue weighted by Crippen LogP contribution is 2.33. The number of furan rings is 2. The van der Waals surface area contributed by atoms with Crippen LogP contribution in [0.4, 0.5) is 0 Å². The molecule has 0 saturated carbocycles. The number of aryl methyl sites for hydroxylation is 1. The highest BCUT2D eigenvalue weighted by molar-refractivity contribution is 6.01. The first-order chi connectivity index (χ1) is 16.2. The van der Waals surface area contributed by atoms with E-state index in [4.69, 9.17) is 13.6 Å². The van der Waals surface area contributed by atoms with Crippen LogP contribution in [0.1, 0.15) is 36.1 Å². The lowest BCUT2D eigenvalue weighted by Gasteiger charge is -2.19. The van der Waals surface area contributed by atoms with Crippen LogP contribution >= 0.6 is 0 Å². The molecular formula is C25H21N3O5. The third kappa shape index (κ3) is 4.55. The maximum absolute atomic E-state index is 12.8. The number of rotatable bonds is 7. The maximum atomic E-state index is 12.8. The number of carbonyl (C=O) groups is 2. The van der Waals surface area contributed by atoms with Gasteiger partial charge in [-0.3, -0.25) is 14.6 Å². The number of pyridine rings is 1. The number of hydrogen-bond donors (Lipinski definition) is 0. The van der Waals surface area contributed by atoms with Crippen LogP contribution in [0.15, 0.2) is 87.1 Å². The Hall–Kier alpha value is -4.20. The van der Waals surface area contributed by atoms with Crippen LogP contribution in [0, 0.1) is 0 Å². The van der Waals surface area contributed by atoms with Gasteiger partial charge in [-0.1, -0.05) is 24.3 Å². The van der Waals surface area contributed by atoms with Gasteiger partial charge in [0.1, 0.15) is 23.3 Å². The van der Waals surface area contributed by atoms with E-state index in [1.165, 1.54) is 5.01 Å². The van der Waals surface area contributed by atoms with Crippen molar-refractivity contribution in [2.45, 2.75) is 25.3 Å². The van der Waals surface area contributed by atoms with Gasteiger partial charge in [-0.2, -0.15) is 5.10 Å². The molecule has 4 aromatic rings. The summed E-state index contributed by atoms with van der Waals surface area (Å²) < 4.78 is 16.1. The van der Waals surface area contributed by atoms with Crippen LogP contribution in [0.25, 0.3) is 10.9 Å². The predicted octanol–water partition coefficient (Wildman–Crippen LogP) is 4.27. The second-order valence-corrected chi connectivity index (χ2v) is 7.65. The molecule has 1 aliphatic rings. The van der Waals surface area contributed by atoms with E-state index < -0.39 is 24.5 Å². The van der Waals surface area contributed by atoms with E-state index in [9.17, 15) is 9.59 Å². The monoisotopic (exact) mass is 443 g/mol. The number of benzene rings is 1. The zero-order valence-corrected chi connectivity index (χ0v) is 17.7. The Morgan fingerprint density at radius 2 is 1.85 bits per heavy atom. The van der Waals surface area contributed by atoms with Crippen molar-refractivity contribution in [2.24, 2.45) is 5.10 Å². The van der Waals surface area contributed by atoms with Gasteiger partial charge in [-0.15, -0.1) is 0 Å². The number of fused-ring (bicyclic) bond motifs is 1. The van der Waals surface area contributed by atoms with Crippen molar-refractivity contribution in [1.82, 2.24) is 9.99 Å². The van der Waals surface area contributed by atoms with Gasteiger partial charge in [0.25, 0.3) is 5.91 Å². The fourth-order valence-corrected chi connectivity index (χ4v) is 3.79. The van der Waals surface area contributed by atoms with Gasteiger partial charge in [0.05, 0.1) is 24.5 Å². The van der Waals surface area contributed by atoms with Gasteiger partial charge in [-0.05, 0) is 36.4 Å². The second-order valence-electron chi connectivity index (χ2n) is 7.65. The van der Waals surface area contributed by atoms with Crippen molar-refractivity contribution in [1.29, 1.82) is 0 Å².